The molecule has 0 radical (unpaired) electrons. The van der Waals surface area contributed by atoms with E-state index in [-0.39, 0.29) is 0 Å². The van der Waals surface area contributed by atoms with Crippen molar-refractivity contribution in [3.8, 4) is 5.75 Å². The van der Waals surface area contributed by atoms with Gasteiger partial charge in [-0.2, -0.15) is 0 Å². The monoisotopic (exact) mass is 238 g/mol. The molecule has 0 amide bonds. The molecule has 1 heterocycles. The van der Waals surface area contributed by atoms with E-state index in [1.807, 2.05) is 48.5 Å². The molecule has 0 saturated carbocycles. The summed E-state index contributed by atoms with van der Waals surface area (Å²) < 4.78 is 5.42. The first-order valence-electron chi connectivity index (χ1n) is 6.28. The standard InChI is InChI=1S/C9H10O.C8H8/c1-2-6-9-8(4-1)5-3-7-10-9;1-2-8-6-4-3-5-7-8/h1-2,4,6H,3,5,7H2;2-7H,1H2. The molecule has 0 aromatic heterocycles. The molecular weight excluding hydrogens is 220 g/mol. The van der Waals surface area contributed by atoms with E-state index in [0.29, 0.717) is 0 Å². The summed E-state index contributed by atoms with van der Waals surface area (Å²) in [5, 5.41) is 0. The lowest BCUT2D eigenvalue weighted by atomic mass is 10.1. The van der Waals surface area contributed by atoms with E-state index in [1.165, 1.54) is 17.5 Å². The zero-order valence-electron chi connectivity index (χ0n) is 10.5. The second-order valence-corrected chi connectivity index (χ2v) is 4.17. The van der Waals surface area contributed by atoms with Crippen LogP contribution in [0, 0.1) is 0 Å². The van der Waals surface area contributed by atoms with Crippen LogP contribution in [0.25, 0.3) is 6.08 Å². The maximum Gasteiger partial charge on any atom is 0.122 e. The Hall–Kier alpha value is -2.02. The van der Waals surface area contributed by atoms with Gasteiger partial charge in [0.25, 0.3) is 0 Å². The molecule has 1 heteroatoms. The molecule has 18 heavy (non-hydrogen) atoms. The van der Waals surface area contributed by atoms with Gasteiger partial charge in [0.2, 0.25) is 0 Å². The van der Waals surface area contributed by atoms with E-state index in [1.54, 1.807) is 0 Å². The molecule has 0 N–H and O–H groups in total. The van der Waals surface area contributed by atoms with Crippen molar-refractivity contribution in [3.63, 3.8) is 0 Å². The zero-order chi connectivity index (χ0) is 12.6. The third-order valence-corrected chi connectivity index (χ3v) is 2.86. The van der Waals surface area contributed by atoms with Gasteiger partial charge in [0.05, 0.1) is 6.61 Å². The molecule has 0 fully saturated rings. The molecule has 1 nitrogen and oxygen atoms in total. The predicted molar refractivity (Wildman–Crippen MR) is 76.8 cm³/mol. The van der Waals surface area contributed by atoms with Crippen LogP contribution in [0.2, 0.25) is 0 Å². The number of fused-ring (bicyclic) bond motifs is 1. The summed E-state index contributed by atoms with van der Waals surface area (Å²) in [6, 6.07) is 18.3. The van der Waals surface area contributed by atoms with Crippen LogP contribution in [0.5, 0.6) is 5.75 Å². The van der Waals surface area contributed by atoms with Gasteiger partial charge in [-0.25, -0.2) is 0 Å². The molecule has 92 valence electrons. The number of benzene rings is 2. The molecule has 1 aliphatic heterocycles. The molecule has 0 bridgehead atoms. The number of rotatable bonds is 1. The van der Waals surface area contributed by atoms with Crippen LogP contribution in [0.4, 0.5) is 0 Å². The minimum absolute atomic E-state index is 0.886. The molecule has 1 aliphatic rings. The Labute approximate surface area is 109 Å². The van der Waals surface area contributed by atoms with Gasteiger partial charge < -0.3 is 4.74 Å². The second kappa shape index (κ2) is 6.65. The Kier molecular flexibility index (Phi) is 4.60. The van der Waals surface area contributed by atoms with Crippen molar-refractivity contribution < 1.29 is 4.74 Å². The number of aryl methyl sites for hydroxylation is 1. The van der Waals surface area contributed by atoms with Crippen molar-refractivity contribution in [2.75, 3.05) is 6.61 Å². The third-order valence-electron chi connectivity index (χ3n) is 2.86. The van der Waals surface area contributed by atoms with Crippen LogP contribution in [0.15, 0.2) is 61.2 Å². The second-order valence-electron chi connectivity index (χ2n) is 4.17. The molecule has 0 unspecified atom stereocenters. The highest BCUT2D eigenvalue weighted by atomic mass is 16.5. The minimum Gasteiger partial charge on any atom is -0.493 e. The smallest absolute Gasteiger partial charge is 0.122 e. The summed E-state index contributed by atoms with van der Waals surface area (Å²) in [5.41, 5.74) is 2.53. The quantitative estimate of drug-likeness (QED) is 0.718. The fourth-order valence-electron chi connectivity index (χ4n) is 1.89. The molecule has 0 saturated heterocycles. The van der Waals surface area contributed by atoms with Gasteiger partial charge >= 0.3 is 0 Å². The van der Waals surface area contributed by atoms with Gasteiger partial charge in [-0.1, -0.05) is 61.2 Å². The van der Waals surface area contributed by atoms with Crippen molar-refractivity contribution in [1.82, 2.24) is 0 Å². The Morgan fingerprint density at radius 1 is 0.944 bits per heavy atom. The molecule has 2 aromatic rings. The summed E-state index contributed by atoms with van der Waals surface area (Å²) in [6.07, 6.45) is 4.17. The number of para-hydroxylation sites is 1. The van der Waals surface area contributed by atoms with Crippen LogP contribution in [-0.4, -0.2) is 6.61 Å². The van der Waals surface area contributed by atoms with Crippen molar-refractivity contribution >= 4 is 6.08 Å². The summed E-state index contributed by atoms with van der Waals surface area (Å²) in [6.45, 7) is 4.52. The van der Waals surface area contributed by atoms with Crippen LogP contribution in [-0.2, 0) is 6.42 Å². The van der Waals surface area contributed by atoms with Crippen molar-refractivity contribution in [3.05, 3.63) is 72.3 Å². The zero-order valence-corrected chi connectivity index (χ0v) is 10.5. The Balaban J connectivity index is 0.000000138. The maximum atomic E-state index is 5.42. The van der Waals surface area contributed by atoms with Crippen LogP contribution >= 0.6 is 0 Å². The summed E-state index contributed by atoms with van der Waals surface area (Å²) in [5.74, 6) is 1.08. The molecule has 3 rings (SSSR count). The van der Waals surface area contributed by atoms with Gasteiger partial charge in [0, 0.05) is 0 Å². The predicted octanol–water partition coefficient (Wildman–Crippen LogP) is 4.34. The number of hydrogen-bond acceptors (Lipinski definition) is 1. The van der Waals surface area contributed by atoms with Crippen molar-refractivity contribution in [1.29, 1.82) is 0 Å². The first-order chi connectivity index (χ1) is 8.90. The van der Waals surface area contributed by atoms with Gasteiger partial charge in [-0.05, 0) is 30.0 Å². The fraction of sp³-hybridized carbons (Fsp3) is 0.176. The highest BCUT2D eigenvalue weighted by Gasteiger charge is 2.06. The highest BCUT2D eigenvalue weighted by Crippen LogP contribution is 2.23. The summed E-state index contributed by atoms with van der Waals surface area (Å²) in [4.78, 5) is 0. The van der Waals surface area contributed by atoms with Crippen LogP contribution in [0.3, 0.4) is 0 Å². The summed E-state index contributed by atoms with van der Waals surface area (Å²) in [7, 11) is 0. The lowest BCUT2D eigenvalue weighted by Gasteiger charge is -2.15. The lowest BCUT2D eigenvalue weighted by Crippen LogP contribution is -2.07. The van der Waals surface area contributed by atoms with Gasteiger partial charge in [-0.15, -0.1) is 0 Å². The third kappa shape index (κ3) is 3.49. The van der Waals surface area contributed by atoms with E-state index in [2.05, 4.69) is 18.7 Å². The Morgan fingerprint density at radius 3 is 2.33 bits per heavy atom. The van der Waals surface area contributed by atoms with Gasteiger partial charge in [-0.3, -0.25) is 0 Å². The van der Waals surface area contributed by atoms with Crippen molar-refractivity contribution in [2.24, 2.45) is 0 Å². The van der Waals surface area contributed by atoms with E-state index in [4.69, 9.17) is 4.74 Å². The molecular formula is C17H18O. The fourth-order valence-corrected chi connectivity index (χ4v) is 1.89. The average molecular weight is 238 g/mol. The Bertz CT molecular complexity index is 463. The highest BCUT2D eigenvalue weighted by molar-refractivity contribution is 5.45. The van der Waals surface area contributed by atoms with E-state index >= 15 is 0 Å². The van der Waals surface area contributed by atoms with Gasteiger partial charge in [0.15, 0.2) is 0 Å². The first-order valence-corrected chi connectivity index (χ1v) is 6.28. The normalized spacial score (nSPS) is 12.4. The average Bonchev–Trinajstić information content (AvgIpc) is 2.49. The first kappa shape index (κ1) is 12.4. The van der Waals surface area contributed by atoms with E-state index in [0.717, 1.165) is 18.8 Å². The van der Waals surface area contributed by atoms with E-state index < -0.39 is 0 Å². The topological polar surface area (TPSA) is 9.23 Å². The molecule has 0 atom stereocenters. The minimum atomic E-state index is 0.886. The molecule has 0 aliphatic carbocycles. The molecule has 2 aromatic carbocycles. The molecule has 0 spiro atoms. The summed E-state index contributed by atoms with van der Waals surface area (Å²) >= 11 is 0. The SMILES string of the molecule is C=Cc1ccccc1.c1ccc2c(c1)CCCO2. The maximum absolute atomic E-state index is 5.42. The Morgan fingerprint density at radius 2 is 1.67 bits per heavy atom. The van der Waals surface area contributed by atoms with Crippen LogP contribution < -0.4 is 4.74 Å². The largest absolute Gasteiger partial charge is 0.493 e. The number of hydrogen-bond donors (Lipinski definition) is 0. The van der Waals surface area contributed by atoms with Crippen molar-refractivity contribution in [2.45, 2.75) is 12.8 Å². The lowest BCUT2D eigenvalue weighted by molar-refractivity contribution is 0.288. The van der Waals surface area contributed by atoms with Gasteiger partial charge in [0.1, 0.15) is 5.75 Å². The van der Waals surface area contributed by atoms with Crippen LogP contribution in [0.1, 0.15) is 17.5 Å². The van der Waals surface area contributed by atoms with E-state index in [9.17, 15) is 0 Å². The number of ether oxygens (including phenoxy) is 1.